The van der Waals surface area contributed by atoms with Gasteiger partial charge in [0.15, 0.2) is 5.58 Å². The summed E-state index contributed by atoms with van der Waals surface area (Å²) in [4.78, 5) is 22.8. The van der Waals surface area contributed by atoms with E-state index < -0.39 is 11.8 Å². The first kappa shape index (κ1) is 13.3. The summed E-state index contributed by atoms with van der Waals surface area (Å²) in [6, 6.07) is 4.77. The molecule has 0 fully saturated rings. The molecule has 0 aliphatic rings. The Bertz CT molecular complexity index is 659. The first-order valence-electron chi connectivity index (χ1n) is 5.83. The fourth-order valence-electron chi connectivity index (χ4n) is 1.89. The molecule has 1 aromatic heterocycles. The summed E-state index contributed by atoms with van der Waals surface area (Å²) < 4.78 is 6.50. The second kappa shape index (κ2) is 5.25. The number of amides is 1. The topological polar surface area (TPSA) is 102 Å². The highest BCUT2D eigenvalue weighted by Gasteiger charge is 2.14. The highest BCUT2D eigenvalue weighted by Crippen LogP contribution is 2.20. The van der Waals surface area contributed by atoms with Gasteiger partial charge in [0.05, 0.1) is 5.52 Å². The van der Waals surface area contributed by atoms with E-state index in [1.165, 1.54) is 4.57 Å². The molecule has 1 aromatic carbocycles. The minimum absolute atomic E-state index is 0.142. The van der Waals surface area contributed by atoms with Crippen LogP contribution in [-0.4, -0.2) is 17.5 Å². The van der Waals surface area contributed by atoms with Crippen LogP contribution in [0.2, 0.25) is 0 Å². The third-order valence-corrected chi connectivity index (χ3v) is 2.91. The largest absolute Gasteiger partial charge is 0.419 e. The molecule has 0 spiro atoms. The van der Waals surface area contributed by atoms with E-state index in [4.69, 9.17) is 10.2 Å². The third kappa shape index (κ3) is 2.67. The van der Waals surface area contributed by atoms with Gasteiger partial charge in [0.1, 0.15) is 0 Å². The lowest BCUT2D eigenvalue weighted by Gasteiger charge is -2.11. The molecule has 1 amide bonds. The van der Waals surface area contributed by atoms with Crippen molar-refractivity contribution < 1.29 is 9.21 Å². The number of aryl methyl sites for hydroxylation is 1. The van der Waals surface area contributed by atoms with Crippen LogP contribution in [0.3, 0.4) is 0 Å². The number of nitrogens with one attached hydrogen (secondary N) is 2. The number of hydrazine groups is 1. The van der Waals surface area contributed by atoms with Crippen molar-refractivity contribution in [3.63, 3.8) is 0 Å². The zero-order valence-corrected chi connectivity index (χ0v) is 10.8. The molecule has 0 saturated heterocycles. The molecule has 2 rings (SSSR count). The third-order valence-electron chi connectivity index (χ3n) is 2.91. The first-order valence-corrected chi connectivity index (χ1v) is 5.83. The van der Waals surface area contributed by atoms with Gasteiger partial charge < -0.3 is 10.2 Å². The molecule has 1 unspecified atom stereocenters. The molecule has 7 nitrogen and oxygen atoms in total. The average Bonchev–Trinajstić information content (AvgIpc) is 2.65. The monoisotopic (exact) mass is 264 g/mol. The molecular weight excluding hydrogens is 248 g/mol. The smallest absolute Gasteiger partial charge is 0.408 e. The van der Waals surface area contributed by atoms with Gasteiger partial charge in [-0.2, -0.15) is 0 Å². The van der Waals surface area contributed by atoms with E-state index in [1.807, 2.05) is 0 Å². The average molecular weight is 264 g/mol. The van der Waals surface area contributed by atoms with Gasteiger partial charge in [-0.05, 0) is 17.7 Å². The van der Waals surface area contributed by atoms with Crippen molar-refractivity contribution >= 4 is 17.0 Å². The maximum Gasteiger partial charge on any atom is 0.419 e. The summed E-state index contributed by atoms with van der Waals surface area (Å²) in [5.74, 6) is -0.627. The number of carbonyl (C=O) groups excluding carboxylic acids is 1. The van der Waals surface area contributed by atoms with Crippen LogP contribution in [0, 0.1) is 0 Å². The Morgan fingerprint density at radius 2 is 2.26 bits per heavy atom. The van der Waals surface area contributed by atoms with E-state index >= 15 is 0 Å². The molecule has 4 N–H and O–H groups in total. The Balaban J connectivity index is 2.25. The number of hydrogen-bond acceptors (Lipinski definition) is 5. The van der Waals surface area contributed by atoms with Gasteiger partial charge in [-0.15, -0.1) is 0 Å². The van der Waals surface area contributed by atoms with Crippen LogP contribution in [-0.2, 0) is 11.8 Å². The molecule has 19 heavy (non-hydrogen) atoms. The summed E-state index contributed by atoms with van der Waals surface area (Å²) in [6.07, 6.45) is 0.142. The lowest BCUT2D eigenvalue weighted by atomic mass is 10.0. The van der Waals surface area contributed by atoms with Gasteiger partial charge in [0, 0.05) is 26.6 Å². The number of benzene rings is 1. The summed E-state index contributed by atoms with van der Waals surface area (Å²) in [7, 11) is 3.24. The maximum atomic E-state index is 11.4. The van der Waals surface area contributed by atoms with Gasteiger partial charge in [-0.1, -0.05) is 6.07 Å². The van der Waals surface area contributed by atoms with Crippen LogP contribution in [0.25, 0.3) is 11.1 Å². The number of hydrogen-bond donors (Lipinski definition) is 3. The number of fused-ring (bicyclic) bond motifs is 1. The predicted octanol–water partition coefficient (Wildman–Crippen LogP) is -0.228. The van der Waals surface area contributed by atoms with Crippen molar-refractivity contribution in [1.29, 1.82) is 0 Å². The molecule has 0 bridgehead atoms. The van der Waals surface area contributed by atoms with E-state index in [0.29, 0.717) is 11.1 Å². The second-order valence-electron chi connectivity index (χ2n) is 4.26. The molecular formula is C12H16N4O3. The molecule has 102 valence electrons. The molecule has 0 aliphatic carbocycles. The molecule has 1 atom stereocenters. The van der Waals surface area contributed by atoms with E-state index in [2.05, 4.69) is 10.9 Å². The molecule has 0 aliphatic heterocycles. The van der Waals surface area contributed by atoms with Crippen LogP contribution in [0.4, 0.5) is 0 Å². The van der Waals surface area contributed by atoms with Crippen LogP contribution < -0.4 is 22.3 Å². The fraction of sp³-hybridized carbons (Fsp3) is 0.333. The SMILES string of the molecule is CNNC(=O)CC(N)c1ccc2c(c1)oc(=O)n2C. The fourth-order valence-corrected chi connectivity index (χ4v) is 1.89. The van der Waals surface area contributed by atoms with Crippen LogP contribution in [0.5, 0.6) is 0 Å². The van der Waals surface area contributed by atoms with Crippen molar-refractivity contribution in [2.24, 2.45) is 12.8 Å². The highest BCUT2D eigenvalue weighted by molar-refractivity contribution is 5.77. The summed E-state index contributed by atoms with van der Waals surface area (Å²) in [6.45, 7) is 0. The van der Waals surface area contributed by atoms with Gasteiger partial charge in [0.25, 0.3) is 0 Å². The first-order chi connectivity index (χ1) is 9.02. The quantitative estimate of drug-likeness (QED) is 0.662. The van der Waals surface area contributed by atoms with Gasteiger partial charge >= 0.3 is 5.76 Å². The van der Waals surface area contributed by atoms with Crippen molar-refractivity contribution in [1.82, 2.24) is 15.4 Å². The Hall–Kier alpha value is -2.12. The zero-order valence-electron chi connectivity index (χ0n) is 10.8. The summed E-state index contributed by atoms with van der Waals surface area (Å²) >= 11 is 0. The zero-order chi connectivity index (χ0) is 14.0. The van der Waals surface area contributed by atoms with Crippen molar-refractivity contribution in [2.75, 3.05) is 7.05 Å². The van der Waals surface area contributed by atoms with E-state index in [9.17, 15) is 9.59 Å². The summed E-state index contributed by atoms with van der Waals surface area (Å²) in [5.41, 5.74) is 12.8. The molecule has 0 radical (unpaired) electrons. The van der Waals surface area contributed by atoms with Crippen molar-refractivity contribution in [2.45, 2.75) is 12.5 Å². The van der Waals surface area contributed by atoms with Crippen molar-refractivity contribution in [3.8, 4) is 0 Å². The predicted molar refractivity (Wildman–Crippen MR) is 70.2 cm³/mol. The number of aromatic nitrogens is 1. The Morgan fingerprint density at radius 1 is 1.53 bits per heavy atom. The lowest BCUT2D eigenvalue weighted by Crippen LogP contribution is -2.36. The van der Waals surface area contributed by atoms with Gasteiger partial charge in [-0.3, -0.25) is 14.8 Å². The van der Waals surface area contributed by atoms with Crippen LogP contribution >= 0.6 is 0 Å². The second-order valence-corrected chi connectivity index (χ2v) is 4.26. The minimum Gasteiger partial charge on any atom is -0.408 e. The van der Waals surface area contributed by atoms with Crippen molar-refractivity contribution in [3.05, 3.63) is 34.3 Å². The Kier molecular flexibility index (Phi) is 3.68. The molecule has 7 heteroatoms. The van der Waals surface area contributed by atoms with Crippen LogP contribution in [0.1, 0.15) is 18.0 Å². The van der Waals surface area contributed by atoms with Gasteiger partial charge in [-0.25, -0.2) is 10.2 Å². The van der Waals surface area contributed by atoms with Gasteiger partial charge in [0.2, 0.25) is 5.91 Å². The Morgan fingerprint density at radius 3 is 2.95 bits per heavy atom. The number of nitrogens with two attached hydrogens (primary N) is 1. The van der Waals surface area contributed by atoms with E-state index in [1.54, 1.807) is 32.3 Å². The highest BCUT2D eigenvalue weighted by atomic mass is 16.4. The number of rotatable bonds is 4. The lowest BCUT2D eigenvalue weighted by molar-refractivity contribution is -0.122. The summed E-state index contributed by atoms with van der Waals surface area (Å²) in [5, 5.41) is 0. The minimum atomic E-state index is -0.455. The molecule has 1 heterocycles. The van der Waals surface area contributed by atoms with E-state index in [-0.39, 0.29) is 12.3 Å². The Labute approximate surface area is 109 Å². The number of oxazole rings is 1. The van der Waals surface area contributed by atoms with E-state index in [0.717, 1.165) is 5.56 Å². The molecule has 0 saturated carbocycles. The van der Waals surface area contributed by atoms with Crippen LogP contribution in [0.15, 0.2) is 27.4 Å². The number of nitrogens with zero attached hydrogens (tertiary/aromatic N) is 1. The number of carbonyl (C=O) groups is 1. The normalized spacial score (nSPS) is 12.6. The standard InChI is InChI=1S/C12H16N4O3/c1-14-15-11(17)6-8(13)7-3-4-9-10(5-7)19-12(18)16(9)2/h3-5,8,14H,6,13H2,1-2H3,(H,15,17). The molecule has 2 aromatic rings. The maximum absolute atomic E-state index is 11.4.